The second-order valence-corrected chi connectivity index (χ2v) is 4.26. The molecule has 0 aliphatic rings. The van der Waals surface area contributed by atoms with Crippen LogP contribution in [0.4, 0.5) is 0 Å². The van der Waals surface area contributed by atoms with Crippen molar-refractivity contribution in [1.82, 2.24) is 9.97 Å². The van der Waals surface area contributed by atoms with Crippen LogP contribution in [0, 0.1) is 0 Å². The number of ether oxygens (including phenoxy) is 1. The maximum atomic E-state index is 5.88. The van der Waals surface area contributed by atoms with Crippen molar-refractivity contribution in [3.63, 3.8) is 0 Å². The minimum absolute atomic E-state index is 0.207. The van der Waals surface area contributed by atoms with Crippen molar-refractivity contribution >= 4 is 27.0 Å². The smallest absolute Gasteiger partial charge is 0.126 e. The summed E-state index contributed by atoms with van der Waals surface area (Å²) in [5.41, 5.74) is 7.77. The summed E-state index contributed by atoms with van der Waals surface area (Å²) < 4.78 is 6.00. The summed E-state index contributed by atoms with van der Waals surface area (Å²) in [5.74, 6) is 0.755. The third-order valence-corrected chi connectivity index (χ3v) is 2.65. The highest BCUT2D eigenvalue weighted by Gasteiger charge is 2.10. The number of methoxy groups -OCH3 is 1. The van der Waals surface area contributed by atoms with Crippen molar-refractivity contribution in [1.29, 1.82) is 0 Å². The molecule has 2 rings (SSSR count). The van der Waals surface area contributed by atoms with Gasteiger partial charge in [0.15, 0.2) is 0 Å². The molecule has 0 amide bonds. The SMILES string of the molecule is COC[C@H](N)c1nc2ccc(Br)cc2[nH]1. The largest absolute Gasteiger partial charge is 0.383 e. The van der Waals surface area contributed by atoms with Crippen LogP contribution in [-0.4, -0.2) is 23.7 Å². The highest BCUT2D eigenvalue weighted by atomic mass is 79.9. The topological polar surface area (TPSA) is 63.9 Å². The number of benzene rings is 1. The van der Waals surface area contributed by atoms with Gasteiger partial charge in [-0.3, -0.25) is 0 Å². The molecule has 0 saturated carbocycles. The third kappa shape index (κ3) is 2.19. The Morgan fingerprint density at radius 1 is 1.60 bits per heavy atom. The highest BCUT2D eigenvalue weighted by Crippen LogP contribution is 2.19. The molecule has 5 heteroatoms. The van der Waals surface area contributed by atoms with Crippen LogP contribution in [0.5, 0.6) is 0 Å². The molecule has 1 aromatic heterocycles. The molecule has 1 aromatic carbocycles. The summed E-state index contributed by atoms with van der Waals surface area (Å²) >= 11 is 3.41. The van der Waals surface area contributed by atoms with E-state index >= 15 is 0 Å². The van der Waals surface area contributed by atoms with E-state index in [-0.39, 0.29) is 6.04 Å². The molecule has 80 valence electrons. The van der Waals surface area contributed by atoms with Gasteiger partial charge in [-0.1, -0.05) is 15.9 Å². The lowest BCUT2D eigenvalue weighted by Gasteiger charge is -2.05. The number of nitrogens with zero attached hydrogens (tertiary/aromatic N) is 1. The molecule has 0 aliphatic carbocycles. The Kier molecular flexibility index (Phi) is 3.04. The van der Waals surface area contributed by atoms with Gasteiger partial charge in [-0.15, -0.1) is 0 Å². The van der Waals surface area contributed by atoms with E-state index in [0.29, 0.717) is 6.61 Å². The Labute approximate surface area is 96.0 Å². The zero-order valence-corrected chi connectivity index (χ0v) is 9.91. The summed E-state index contributed by atoms with van der Waals surface area (Å²) in [6.07, 6.45) is 0. The first kappa shape index (κ1) is 10.6. The van der Waals surface area contributed by atoms with Gasteiger partial charge in [0.25, 0.3) is 0 Å². The van der Waals surface area contributed by atoms with Crippen molar-refractivity contribution in [2.45, 2.75) is 6.04 Å². The normalized spacial score (nSPS) is 13.3. The lowest BCUT2D eigenvalue weighted by Crippen LogP contribution is -2.17. The summed E-state index contributed by atoms with van der Waals surface area (Å²) in [6, 6.07) is 5.67. The van der Waals surface area contributed by atoms with E-state index in [1.807, 2.05) is 18.2 Å². The molecule has 15 heavy (non-hydrogen) atoms. The maximum Gasteiger partial charge on any atom is 0.126 e. The van der Waals surface area contributed by atoms with Crippen molar-refractivity contribution in [2.75, 3.05) is 13.7 Å². The molecule has 0 bridgehead atoms. The minimum Gasteiger partial charge on any atom is -0.383 e. The van der Waals surface area contributed by atoms with Crippen LogP contribution in [0.2, 0.25) is 0 Å². The Morgan fingerprint density at radius 3 is 3.13 bits per heavy atom. The lowest BCUT2D eigenvalue weighted by molar-refractivity contribution is 0.178. The van der Waals surface area contributed by atoms with E-state index in [9.17, 15) is 0 Å². The molecular weight excluding hydrogens is 258 g/mol. The van der Waals surface area contributed by atoms with Gasteiger partial charge >= 0.3 is 0 Å². The number of imidazole rings is 1. The van der Waals surface area contributed by atoms with E-state index in [2.05, 4.69) is 25.9 Å². The summed E-state index contributed by atoms with van der Waals surface area (Å²) in [5, 5.41) is 0. The molecule has 0 fully saturated rings. The average Bonchev–Trinajstić information content (AvgIpc) is 2.60. The van der Waals surface area contributed by atoms with Crippen LogP contribution in [0.3, 0.4) is 0 Å². The number of H-pyrrole nitrogens is 1. The third-order valence-electron chi connectivity index (χ3n) is 2.16. The minimum atomic E-state index is -0.207. The quantitative estimate of drug-likeness (QED) is 0.896. The zero-order chi connectivity index (χ0) is 10.8. The Bertz CT molecular complexity index is 469. The van der Waals surface area contributed by atoms with E-state index in [1.165, 1.54) is 0 Å². The predicted molar refractivity (Wildman–Crippen MR) is 62.6 cm³/mol. The van der Waals surface area contributed by atoms with Crippen LogP contribution in [0.1, 0.15) is 11.9 Å². The van der Waals surface area contributed by atoms with Crippen LogP contribution < -0.4 is 5.73 Å². The Hall–Kier alpha value is -0.910. The number of fused-ring (bicyclic) bond motifs is 1. The summed E-state index contributed by atoms with van der Waals surface area (Å²) in [7, 11) is 1.62. The summed E-state index contributed by atoms with van der Waals surface area (Å²) in [6.45, 7) is 0.459. The van der Waals surface area contributed by atoms with E-state index in [4.69, 9.17) is 10.5 Å². The predicted octanol–water partition coefficient (Wildman–Crippen LogP) is 1.97. The number of hydrogen-bond acceptors (Lipinski definition) is 3. The number of halogens is 1. The second kappa shape index (κ2) is 4.30. The summed E-state index contributed by atoms with van der Waals surface area (Å²) in [4.78, 5) is 7.57. The number of hydrogen-bond donors (Lipinski definition) is 2. The van der Waals surface area contributed by atoms with Gasteiger partial charge in [-0.05, 0) is 18.2 Å². The second-order valence-electron chi connectivity index (χ2n) is 3.35. The molecule has 2 aromatic rings. The van der Waals surface area contributed by atoms with Gasteiger partial charge in [-0.25, -0.2) is 4.98 Å². The van der Waals surface area contributed by atoms with Crippen molar-refractivity contribution in [2.24, 2.45) is 5.73 Å². The molecule has 3 N–H and O–H groups in total. The van der Waals surface area contributed by atoms with Crippen LogP contribution in [0.15, 0.2) is 22.7 Å². The lowest BCUT2D eigenvalue weighted by atomic mass is 10.3. The molecule has 1 heterocycles. The van der Waals surface area contributed by atoms with Gasteiger partial charge in [0.05, 0.1) is 23.7 Å². The molecule has 0 radical (unpaired) electrons. The fourth-order valence-electron chi connectivity index (χ4n) is 1.44. The number of nitrogens with one attached hydrogen (secondary N) is 1. The number of aromatic nitrogens is 2. The molecule has 0 unspecified atom stereocenters. The van der Waals surface area contributed by atoms with Gasteiger partial charge in [-0.2, -0.15) is 0 Å². The first-order valence-corrected chi connectivity index (χ1v) is 5.39. The van der Waals surface area contributed by atoms with Crippen molar-refractivity contribution < 1.29 is 4.74 Å². The van der Waals surface area contributed by atoms with E-state index < -0.39 is 0 Å². The standard InChI is InChI=1S/C10H12BrN3O/c1-15-5-7(12)10-13-8-3-2-6(11)4-9(8)14-10/h2-4,7H,5,12H2,1H3,(H,13,14)/t7-/m0/s1. The average molecular weight is 270 g/mol. The zero-order valence-electron chi connectivity index (χ0n) is 8.33. The van der Waals surface area contributed by atoms with E-state index in [1.54, 1.807) is 7.11 Å². The van der Waals surface area contributed by atoms with Crippen LogP contribution in [0.25, 0.3) is 11.0 Å². The molecule has 0 aliphatic heterocycles. The van der Waals surface area contributed by atoms with Crippen molar-refractivity contribution in [3.05, 3.63) is 28.5 Å². The fraction of sp³-hybridized carbons (Fsp3) is 0.300. The molecule has 4 nitrogen and oxygen atoms in total. The molecular formula is C10H12BrN3O. The first-order valence-electron chi connectivity index (χ1n) is 4.60. The van der Waals surface area contributed by atoms with E-state index in [0.717, 1.165) is 21.3 Å². The van der Waals surface area contributed by atoms with Gasteiger partial charge in [0.1, 0.15) is 5.82 Å². The van der Waals surface area contributed by atoms with Crippen LogP contribution in [-0.2, 0) is 4.74 Å². The first-order chi connectivity index (χ1) is 7.20. The van der Waals surface area contributed by atoms with Gasteiger partial charge < -0.3 is 15.5 Å². The maximum absolute atomic E-state index is 5.88. The molecule has 1 atom stereocenters. The number of rotatable bonds is 3. The Balaban J connectivity index is 2.38. The Morgan fingerprint density at radius 2 is 2.40 bits per heavy atom. The fourth-order valence-corrected chi connectivity index (χ4v) is 1.80. The monoisotopic (exact) mass is 269 g/mol. The van der Waals surface area contributed by atoms with Crippen LogP contribution >= 0.6 is 15.9 Å². The van der Waals surface area contributed by atoms with Gasteiger partial charge in [0, 0.05) is 11.6 Å². The molecule has 0 saturated heterocycles. The number of aromatic amines is 1. The highest BCUT2D eigenvalue weighted by molar-refractivity contribution is 9.10. The number of nitrogens with two attached hydrogens (primary N) is 1. The molecule has 0 spiro atoms. The van der Waals surface area contributed by atoms with Crippen molar-refractivity contribution in [3.8, 4) is 0 Å². The van der Waals surface area contributed by atoms with Gasteiger partial charge in [0.2, 0.25) is 0 Å².